The number of aryl methyl sites for hydroxylation is 2. The van der Waals surface area contributed by atoms with Gasteiger partial charge in [0, 0.05) is 36.5 Å². The summed E-state index contributed by atoms with van der Waals surface area (Å²) in [6.07, 6.45) is 0. The van der Waals surface area contributed by atoms with Gasteiger partial charge in [0.15, 0.2) is 5.82 Å². The number of carbonyl (C=O) groups is 1. The van der Waals surface area contributed by atoms with E-state index < -0.39 is 10.8 Å². The predicted octanol–water partition coefficient (Wildman–Crippen LogP) is 3.47. The van der Waals surface area contributed by atoms with Crippen molar-refractivity contribution in [2.75, 3.05) is 36.5 Å². The summed E-state index contributed by atoms with van der Waals surface area (Å²) in [7, 11) is 0. The lowest BCUT2D eigenvalue weighted by Crippen LogP contribution is -2.37. The van der Waals surface area contributed by atoms with E-state index in [9.17, 15) is 14.9 Å². The summed E-state index contributed by atoms with van der Waals surface area (Å²) in [5.74, 6) is 0.307. The molecule has 4 aromatic rings. The lowest BCUT2D eigenvalue weighted by atomic mass is 10.1. The number of non-ortho nitro benzene ring substituents is 1. The van der Waals surface area contributed by atoms with Gasteiger partial charge in [0.2, 0.25) is 4.96 Å². The van der Waals surface area contributed by atoms with E-state index in [0.717, 1.165) is 16.1 Å². The summed E-state index contributed by atoms with van der Waals surface area (Å²) < 4.78 is 7.09. The molecular formula is C22H21N7O4S. The fourth-order valence-corrected chi connectivity index (χ4v) is 4.74. The zero-order chi connectivity index (χ0) is 23.8. The Bertz CT molecular complexity index is 1410. The second-order valence-electron chi connectivity index (χ2n) is 7.89. The quantitative estimate of drug-likeness (QED) is 0.340. The summed E-state index contributed by atoms with van der Waals surface area (Å²) in [6, 6.07) is 10.00. The van der Waals surface area contributed by atoms with Crippen molar-refractivity contribution in [3.63, 3.8) is 0 Å². The molecule has 34 heavy (non-hydrogen) atoms. The van der Waals surface area contributed by atoms with Crippen molar-refractivity contribution in [1.82, 2.24) is 19.8 Å². The number of carbonyl (C=O) groups excluding carboxylic acids is 1. The zero-order valence-electron chi connectivity index (χ0n) is 18.5. The number of aromatic nitrogens is 4. The molecule has 0 bridgehead atoms. The Morgan fingerprint density at radius 3 is 2.65 bits per heavy atom. The summed E-state index contributed by atoms with van der Waals surface area (Å²) in [4.78, 5) is 26.8. The van der Waals surface area contributed by atoms with E-state index in [2.05, 4.69) is 20.6 Å². The minimum absolute atomic E-state index is 0.132. The molecule has 0 spiro atoms. The van der Waals surface area contributed by atoms with Gasteiger partial charge in [0.1, 0.15) is 5.01 Å². The third kappa shape index (κ3) is 4.08. The maximum Gasteiger partial charge on any atom is 0.270 e. The van der Waals surface area contributed by atoms with Crippen LogP contribution in [0.2, 0.25) is 0 Å². The van der Waals surface area contributed by atoms with Gasteiger partial charge in [-0.2, -0.15) is 9.61 Å². The minimum Gasteiger partial charge on any atom is -0.378 e. The van der Waals surface area contributed by atoms with Gasteiger partial charge in [0.05, 0.1) is 29.4 Å². The van der Waals surface area contributed by atoms with Crippen LogP contribution in [0.1, 0.15) is 21.7 Å². The van der Waals surface area contributed by atoms with Crippen molar-refractivity contribution in [3.8, 4) is 10.6 Å². The third-order valence-electron chi connectivity index (χ3n) is 5.66. The number of benzene rings is 2. The van der Waals surface area contributed by atoms with Gasteiger partial charge in [-0.15, -0.1) is 10.2 Å². The first-order valence-corrected chi connectivity index (χ1v) is 11.4. The molecule has 12 heteroatoms. The molecule has 0 atom stereocenters. The Kier molecular flexibility index (Phi) is 5.67. The minimum atomic E-state index is -0.498. The molecular weight excluding hydrogens is 458 g/mol. The molecule has 1 amide bonds. The fourth-order valence-electron chi connectivity index (χ4n) is 3.86. The molecule has 11 nitrogen and oxygen atoms in total. The van der Waals surface area contributed by atoms with Gasteiger partial charge in [-0.3, -0.25) is 14.9 Å². The Morgan fingerprint density at radius 2 is 1.94 bits per heavy atom. The number of nitro benzene ring substituents is 1. The van der Waals surface area contributed by atoms with Crippen molar-refractivity contribution in [1.29, 1.82) is 0 Å². The Hall–Kier alpha value is -3.90. The first-order chi connectivity index (χ1) is 16.4. The average Bonchev–Trinajstić information content (AvgIpc) is 3.42. The normalized spacial score (nSPS) is 13.9. The number of hydrogen-bond acceptors (Lipinski definition) is 9. The monoisotopic (exact) mass is 479 g/mol. The molecule has 2 aromatic carbocycles. The number of ether oxygens (including phenoxy) is 1. The first kappa shape index (κ1) is 21.9. The molecule has 5 rings (SSSR count). The Balaban J connectivity index is 1.43. The number of hydrogen-bond donors (Lipinski definition) is 1. The van der Waals surface area contributed by atoms with Crippen LogP contribution in [0, 0.1) is 24.0 Å². The number of amides is 1. The second kappa shape index (κ2) is 8.80. The Morgan fingerprint density at radius 1 is 1.15 bits per heavy atom. The van der Waals surface area contributed by atoms with Gasteiger partial charge in [0.25, 0.3) is 11.6 Å². The lowest BCUT2D eigenvalue weighted by molar-refractivity contribution is -0.384. The topological polar surface area (TPSA) is 128 Å². The van der Waals surface area contributed by atoms with Crippen molar-refractivity contribution in [2.24, 2.45) is 0 Å². The molecule has 0 unspecified atom stereocenters. The molecule has 1 aliphatic rings. The van der Waals surface area contributed by atoms with Gasteiger partial charge < -0.3 is 15.0 Å². The average molecular weight is 480 g/mol. The van der Waals surface area contributed by atoms with E-state index >= 15 is 0 Å². The molecule has 1 N–H and O–H groups in total. The highest BCUT2D eigenvalue weighted by molar-refractivity contribution is 7.19. The maximum absolute atomic E-state index is 13.3. The summed E-state index contributed by atoms with van der Waals surface area (Å²) in [5.41, 5.74) is 3.13. The lowest BCUT2D eigenvalue weighted by Gasteiger charge is -2.30. The van der Waals surface area contributed by atoms with Crippen LogP contribution in [0.25, 0.3) is 15.5 Å². The standard InChI is InChI=1S/C22H21N7O4S/c1-13-11-15(21-26-28-14(2)24-25-22(28)34-21)3-5-18(13)23-20(30)17-12-16(29(31)32)4-6-19(17)27-7-9-33-10-8-27/h3-6,11-12H,7-10H2,1-2H3,(H,23,30). The number of nitrogens with zero attached hydrogens (tertiary/aromatic N) is 6. The van der Waals surface area contributed by atoms with Gasteiger partial charge >= 0.3 is 0 Å². The highest BCUT2D eigenvalue weighted by Gasteiger charge is 2.23. The SMILES string of the molecule is Cc1cc(-c2nn3c(C)nnc3s2)ccc1NC(=O)c1cc([N+](=O)[O-])ccc1N1CCOCC1. The van der Waals surface area contributed by atoms with Crippen molar-refractivity contribution >= 4 is 39.3 Å². The van der Waals surface area contributed by atoms with E-state index in [1.165, 1.54) is 23.5 Å². The number of anilines is 2. The molecule has 1 fully saturated rings. The fraction of sp³-hybridized carbons (Fsp3) is 0.273. The van der Waals surface area contributed by atoms with Crippen LogP contribution < -0.4 is 10.2 Å². The van der Waals surface area contributed by atoms with Gasteiger partial charge in [-0.25, -0.2) is 0 Å². The van der Waals surface area contributed by atoms with Crippen LogP contribution in [0.3, 0.4) is 0 Å². The molecule has 0 aliphatic carbocycles. The van der Waals surface area contributed by atoms with E-state index in [-0.39, 0.29) is 11.3 Å². The molecule has 3 heterocycles. The summed E-state index contributed by atoms with van der Waals surface area (Å²) in [6.45, 7) is 6.02. The van der Waals surface area contributed by atoms with E-state index in [1.54, 1.807) is 10.6 Å². The van der Waals surface area contributed by atoms with Gasteiger partial charge in [-0.05, 0) is 43.7 Å². The third-order valence-corrected chi connectivity index (χ3v) is 6.60. The number of rotatable bonds is 5. The number of nitrogens with one attached hydrogen (secondary N) is 1. The Labute approximate surface area is 198 Å². The van der Waals surface area contributed by atoms with Crippen LogP contribution in [-0.4, -0.2) is 56.9 Å². The second-order valence-corrected chi connectivity index (χ2v) is 8.85. The van der Waals surface area contributed by atoms with Crippen molar-refractivity contribution in [2.45, 2.75) is 13.8 Å². The van der Waals surface area contributed by atoms with Crippen LogP contribution >= 0.6 is 11.3 Å². The molecule has 0 saturated carbocycles. The summed E-state index contributed by atoms with van der Waals surface area (Å²) in [5, 5.41) is 27.7. The number of nitro groups is 1. The van der Waals surface area contributed by atoms with E-state index in [1.807, 2.05) is 36.9 Å². The first-order valence-electron chi connectivity index (χ1n) is 10.6. The van der Waals surface area contributed by atoms with E-state index in [0.29, 0.717) is 48.5 Å². The largest absolute Gasteiger partial charge is 0.378 e. The van der Waals surface area contributed by atoms with Gasteiger partial charge in [-0.1, -0.05) is 11.3 Å². The molecule has 174 valence electrons. The maximum atomic E-state index is 13.3. The van der Waals surface area contributed by atoms with Crippen molar-refractivity contribution in [3.05, 3.63) is 63.5 Å². The molecule has 1 saturated heterocycles. The molecule has 2 aromatic heterocycles. The smallest absolute Gasteiger partial charge is 0.270 e. The number of fused-ring (bicyclic) bond motifs is 1. The van der Waals surface area contributed by atoms with Crippen LogP contribution in [0.4, 0.5) is 17.1 Å². The predicted molar refractivity (Wildman–Crippen MR) is 128 cm³/mol. The number of morpholine rings is 1. The van der Waals surface area contributed by atoms with Crippen LogP contribution in [0.5, 0.6) is 0 Å². The molecule has 1 aliphatic heterocycles. The molecule has 0 radical (unpaired) electrons. The van der Waals surface area contributed by atoms with Crippen molar-refractivity contribution < 1.29 is 14.5 Å². The van der Waals surface area contributed by atoms with Crippen LogP contribution in [0.15, 0.2) is 36.4 Å². The van der Waals surface area contributed by atoms with Crippen LogP contribution in [-0.2, 0) is 4.74 Å². The van der Waals surface area contributed by atoms with E-state index in [4.69, 9.17) is 4.74 Å². The summed E-state index contributed by atoms with van der Waals surface area (Å²) >= 11 is 1.43. The highest BCUT2D eigenvalue weighted by Crippen LogP contribution is 2.31. The highest BCUT2D eigenvalue weighted by atomic mass is 32.1. The zero-order valence-corrected chi connectivity index (χ0v) is 19.3.